The van der Waals surface area contributed by atoms with Gasteiger partial charge in [0.15, 0.2) is 17.5 Å². The third-order valence-electron chi connectivity index (χ3n) is 4.26. The number of rotatable bonds is 4. The molecule has 0 radical (unpaired) electrons. The van der Waals surface area contributed by atoms with Gasteiger partial charge in [-0.05, 0) is 35.9 Å². The van der Waals surface area contributed by atoms with Gasteiger partial charge in [0.05, 0.1) is 30.1 Å². The highest BCUT2D eigenvalue weighted by Crippen LogP contribution is 2.28. The highest BCUT2D eigenvalue weighted by Gasteiger charge is 2.22. The maximum atomic E-state index is 4.68. The summed E-state index contributed by atoms with van der Waals surface area (Å²) in [7, 11) is 0. The summed E-state index contributed by atoms with van der Waals surface area (Å²) in [6, 6.07) is 14.0. The third kappa shape index (κ3) is 3.09. The number of benzene rings is 1. The van der Waals surface area contributed by atoms with Crippen LogP contribution in [0.15, 0.2) is 67.3 Å². The molecule has 1 aromatic carbocycles. The van der Waals surface area contributed by atoms with Crippen LogP contribution in [-0.4, -0.2) is 19.9 Å². The van der Waals surface area contributed by atoms with Crippen LogP contribution in [0.25, 0.3) is 10.9 Å². The fourth-order valence-corrected chi connectivity index (χ4v) is 2.99. The van der Waals surface area contributed by atoms with E-state index in [2.05, 4.69) is 54.4 Å². The molecule has 0 bridgehead atoms. The summed E-state index contributed by atoms with van der Waals surface area (Å²) in [5.41, 5.74) is 9.15. The van der Waals surface area contributed by atoms with Crippen LogP contribution in [0.1, 0.15) is 5.56 Å². The Morgan fingerprint density at radius 3 is 2.89 bits per heavy atom. The number of anilines is 4. The molecule has 27 heavy (non-hydrogen) atoms. The fraction of sp³-hybridized carbons (Fsp3) is 0.0526. The number of nitrogens with one attached hydrogen (secondary N) is 3. The average Bonchev–Trinajstić information content (AvgIpc) is 3.11. The molecule has 1 aliphatic rings. The second-order valence-corrected chi connectivity index (χ2v) is 6.15. The molecule has 0 atom stereocenters. The number of aromatic nitrogens is 4. The van der Waals surface area contributed by atoms with E-state index in [-0.39, 0.29) is 0 Å². The predicted octanol–water partition coefficient (Wildman–Crippen LogP) is 3.02. The minimum atomic E-state index is 0.635. The lowest BCUT2D eigenvalue weighted by Gasteiger charge is -2.17. The van der Waals surface area contributed by atoms with Gasteiger partial charge < -0.3 is 5.32 Å². The summed E-state index contributed by atoms with van der Waals surface area (Å²) >= 11 is 0. The summed E-state index contributed by atoms with van der Waals surface area (Å²) in [5.74, 6) is 2.07. The van der Waals surface area contributed by atoms with E-state index < -0.39 is 0 Å². The molecular weight excluding hydrogens is 340 g/mol. The molecule has 0 fully saturated rings. The number of hydrazine groups is 2. The van der Waals surface area contributed by atoms with Gasteiger partial charge in [0.1, 0.15) is 0 Å². The number of pyridine rings is 2. The van der Waals surface area contributed by atoms with Gasteiger partial charge in [0.2, 0.25) is 0 Å². The molecule has 3 aromatic heterocycles. The highest BCUT2D eigenvalue weighted by atomic mass is 15.7. The van der Waals surface area contributed by atoms with Crippen LogP contribution in [0.2, 0.25) is 0 Å². The van der Waals surface area contributed by atoms with E-state index >= 15 is 0 Å². The van der Waals surface area contributed by atoms with E-state index in [1.54, 1.807) is 24.8 Å². The van der Waals surface area contributed by atoms with Gasteiger partial charge in [-0.15, -0.1) is 5.53 Å². The lowest BCUT2D eigenvalue weighted by Crippen LogP contribution is -2.35. The Morgan fingerprint density at radius 1 is 1.00 bits per heavy atom. The lowest BCUT2D eigenvalue weighted by atomic mass is 10.1. The molecule has 0 amide bonds. The minimum Gasteiger partial charge on any atom is -0.338 e. The van der Waals surface area contributed by atoms with E-state index in [1.807, 2.05) is 29.3 Å². The summed E-state index contributed by atoms with van der Waals surface area (Å²) < 4.78 is 0. The molecule has 4 heterocycles. The molecule has 1 aliphatic heterocycles. The van der Waals surface area contributed by atoms with Crippen LogP contribution in [0.3, 0.4) is 0 Å². The zero-order chi connectivity index (χ0) is 18.1. The topological polar surface area (TPSA) is 90.9 Å². The van der Waals surface area contributed by atoms with E-state index in [0.717, 1.165) is 28.0 Å². The lowest BCUT2D eigenvalue weighted by molar-refractivity contribution is 0.717. The molecule has 4 aromatic rings. The van der Waals surface area contributed by atoms with E-state index in [9.17, 15) is 0 Å². The van der Waals surface area contributed by atoms with Crippen molar-refractivity contribution in [2.24, 2.45) is 0 Å². The van der Waals surface area contributed by atoms with Crippen LogP contribution >= 0.6 is 0 Å². The van der Waals surface area contributed by atoms with Crippen molar-refractivity contribution in [3.05, 3.63) is 72.8 Å². The SMILES string of the molecule is c1cncc(Nc2cnc3c(n2)N(Cc2ccc4ncccc4c2)NN3)c1. The van der Waals surface area contributed by atoms with E-state index in [4.69, 9.17) is 0 Å². The van der Waals surface area contributed by atoms with Crippen molar-refractivity contribution >= 4 is 34.0 Å². The van der Waals surface area contributed by atoms with Gasteiger partial charge >= 0.3 is 0 Å². The molecule has 132 valence electrons. The first-order valence-corrected chi connectivity index (χ1v) is 8.52. The van der Waals surface area contributed by atoms with Gasteiger partial charge in [-0.3, -0.25) is 20.4 Å². The Morgan fingerprint density at radius 2 is 1.96 bits per heavy atom. The van der Waals surface area contributed by atoms with Gasteiger partial charge in [-0.25, -0.2) is 9.97 Å². The number of hydrogen-bond donors (Lipinski definition) is 3. The molecule has 0 saturated carbocycles. The fourth-order valence-electron chi connectivity index (χ4n) is 2.99. The van der Waals surface area contributed by atoms with Crippen molar-refractivity contribution in [1.82, 2.24) is 25.5 Å². The summed E-state index contributed by atoms with van der Waals surface area (Å²) in [6.07, 6.45) is 6.96. The van der Waals surface area contributed by atoms with Crippen LogP contribution in [0.4, 0.5) is 23.1 Å². The molecule has 8 heteroatoms. The van der Waals surface area contributed by atoms with Crippen molar-refractivity contribution in [2.45, 2.75) is 6.54 Å². The van der Waals surface area contributed by atoms with Crippen molar-refractivity contribution in [2.75, 3.05) is 15.8 Å². The zero-order valence-electron chi connectivity index (χ0n) is 14.3. The first-order valence-electron chi connectivity index (χ1n) is 8.52. The molecular formula is C19H16N8. The average molecular weight is 356 g/mol. The maximum absolute atomic E-state index is 4.68. The first kappa shape index (κ1) is 15.5. The van der Waals surface area contributed by atoms with Gasteiger partial charge in [0.25, 0.3) is 0 Å². The van der Waals surface area contributed by atoms with Gasteiger partial charge in [0, 0.05) is 17.8 Å². The van der Waals surface area contributed by atoms with Crippen molar-refractivity contribution in [3.63, 3.8) is 0 Å². The monoisotopic (exact) mass is 356 g/mol. The number of fused-ring (bicyclic) bond motifs is 2. The first-order chi connectivity index (χ1) is 13.3. The number of nitrogens with zero attached hydrogens (tertiary/aromatic N) is 5. The van der Waals surface area contributed by atoms with Crippen LogP contribution < -0.4 is 21.3 Å². The van der Waals surface area contributed by atoms with E-state index in [1.165, 1.54) is 0 Å². The van der Waals surface area contributed by atoms with Crippen molar-refractivity contribution in [1.29, 1.82) is 0 Å². The quantitative estimate of drug-likeness (QED) is 0.514. The normalized spacial score (nSPS) is 12.7. The molecule has 5 rings (SSSR count). The molecule has 0 spiro atoms. The second-order valence-electron chi connectivity index (χ2n) is 6.15. The van der Waals surface area contributed by atoms with Crippen LogP contribution in [0, 0.1) is 0 Å². The smallest absolute Gasteiger partial charge is 0.191 e. The molecule has 0 aliphatic carbocycles. The summed E-state index contributed by atoms with van der Waals surface area (Å²) in [4.78, 5) is 17.6. The number of hydrogen-bond acceptors (Lipinski definition) is 8. The zero-order valence-corrected chi connectivity index (χ0v) is 14.3. The summed E-state index contributed by atoms with van der Waals surface area (Å²) in [6.45, 7) is 0.635. The van der Waals surface area contributed by atoms with E-state index in [0.29, 0.717) is 18.2 Å². The predicted molar refractivity (Wildman–Crippen MR) is 104 cm³/mol. The van der Waals surface area contributed by atoms with Gasteiger partial charge in [-0.1, -0.05) is 12.1 Å². The highest BCUT2D eigenvalue weighted by molar-refractivity contribution is 5.79. The molecule has 0 saturated heterocycles. The minimum absolute atomic E-state index is 0.635. The molecule has 8 nitrogen and oxygen atoms in total. The van der Waals surface area contributed by atoms with Crippen LogP contribution in [0.5, 0.6) is 0 Å². The molecule has 3 N–H and O–H groups in total. The Balaban J connectivity index is 1.40. The Bertz CT molecular complexity index is 1100. The Labute approximate surface area is 155 Å². The van der Waals surface area contributed by atoms with Gasteiger partial charge in [-0.2, -0.15) is 0 Å². The van der Waals surface area contributed by atoms with Crippen molar-refractivity contribution in [3.8, 4) is 0 Å². The maximum Gasteiger partial charge on any atom is 0.191 e. The Kier molecular flexibility index (Phi) is 3.73. The summed E-state index contributed by atoms with van der Waals surface area (Å²) in [5, 5.41) is 6.25. The largest absolute Gasteiger partial charge is 0.338 e. The third-order valence-corrected chi connectivity index (χ3v) is 4.26. The second kappa shape index (κ2) is 6.50. The Hall–Kier alpha value is -3.78. The van der Waals surface area contributed by atoms with Crippen LogP contribution in [-0.2, 0) is 6.54 Å². The van der Waals surface area contributed by atoms with Crippen molar-refractivity contribution < 1.29 is 0 Å². The standard InChI is InChI=1S/C19H16N8/c1-3-14-9-13(5-6-16(14)21-8-1)12-27-19-18(25-26-27)22-11-17(24-19)23-15-4-2-7-20-10-15/h1-11,26H,12H2,(H,22,25)(H,23,24). The molecule has 0 unspecified atom stereocenters.